The maximum atomic E-state index is 5.40. The second-order valence-corrected chi connectivity index (χ2v) is 4.85. The van der Waals surface area contributed by atoms with Gasteiger partial charge in [0.05, 0.1) is 7.11 Å². The minimum atomic E-state index is 1.00. The molecule has 0 saturated carbocycles. The monoisotopic (exact) mass is 250 g/mol. The summed E-state index contributed by atoms with van der Waals surface area (Å²) in [7, 11) is 5.89. The molecule has 0 radical (unpaired) electrons. The second-order valence-electron chi connectivity index (χ2n) is 4.85. The summed E-state index contributed by atoms with van der Waals surface area (Å²) in [5.74, 6) is 1.00. The van der Waals surface area contributed by atoms with Crippen LogP contribution in [0.5, 0.6) is 5.75 Å². The molecule has 1 aromatic carbocycles. The Morgan fingerprint density at radius 2 is 1.78 bits per heavy atom. The predicted octanol–water partition coefficient (Wildman–Crippen LogP) is 2.75. The van der Waals surface area contributed by atoms with Gasteiger partial charge in [-0.2, -0.15) is 0 Å². The number of nitrogens with zero attached hydrogens (tertiary/aromatic N) is 1. The van der Waals surface area contributed by atoms with Gasteiger partial charge in [-0.15, -0.1) is 0 Å². The van der Waals surface area contributed by atoms with Crippen molar-refractivity contribution in [2.24, 2.45) is 0 Å². The fourth-order valence-electron chi connectivity index (χ4n) is 2.25. The number of methoxy groups -OCH3 is 1. The van der Waals surface area contributed by atoms with E-state index in [1.807, 2.05) is 7.05 Å². The van der Waals surface area contributed by atoms with Gasteiger partial charge >= 0.3 is 0 Å². The van der Waals surface area contributed by atoms with E-state index in [0.717, 1.165) is 18.8 Å². The molecule has 0 fully saturated rings. The summed E-state index contributed by atoms with van der Waals surface area (Å²) in [5.41, 5.74) is 3.68. The Morgan fingerprint density at radius 3 is 2.28 bits per heavy atom. The van der Waals surface area contributed by atoms with Crippen molar-refractivity contribution in [2.45, 2.75) is 26.7 Å². The number of hydrogen-bond acceptors (Lipinski definition) is 3. The van der Waals surface area contributed by atoms with Gasteiger partial charge in [0.2, 0.25) is 0 Å². The lowest BCUT2D eigenvalue weighted by Crippen LogP contribution is -2.20. The molecule has 0 spiro atoms. The van der Waals surface area contributed by atoms with Gasteiger partial charge in [0.15, 0.2) is 0 Å². The molecule has 0 amide bonds. The summed E-state index contributed by atoms with van der Waals surface area (Å²) in [4.78, 5) is 2.31. The molecule has 0 aliphatic rings. The van der Waals surface area contributed by atoms with Gasteiger partial charge in [0.1, 0.15) is 5.75 Å². The highest BCUT2D eigenvalue weighted by Crippen LogP contribution is 2.28. The smallest absolute Gasteiger partial charge is 0.124 e. The van der Waals surface area contributed by atoms with Crippen LogP contribution in [0.25, 0.3) is 0 Å². The van der Waals surface area contributed by atoms with Crippen LogP contribution in [0.3, 0.4) is 0 Å². The van der Waals surface area contributed by atoms with Gasteiger partial charge < -0.3 is 15.0 Å². The van der Waals surface area contributed by atoms with E-state index >= 15 is 0 Å². The average Bonchev–Trinajstić information content (AvgIpc) is 2.34. The van der Waals surface area contributed by atoms with E-state index in [9.17, 15) is 0 Å². The molecule has 0 unspecified atom stereocenters. The Hall–Kier alpha value is -1.22. The number of hydrogen-bond donors (Lipinski definition) is 1. The third-order valence-corrected chi connectivity index (χ3v) is 3.26. The molecule has 1 rings (SSSR count). The van der Waals surface area contributed by atoms with Gasteiger partial charge in [0, 0.05) is 19.3 Å². The molecule has 0 atom stereocenters. The van der Waals surface area contributed by atoms with Crippen LogP contribution < -0.4 is 15.0 Å². The highest BCUT2D eigenvalue weighted by atomic mass is 16.5. The Bertz CT molecular complexity index is 354. The number of nitrogens with one attached hydrogen (secondary N) is 1. The van der Waals surface area contributed by atoms with Crippen LogP contribution in [0.1, 0.15) is 24.0 Å². The summed E-state index contributed by atoms with van der Waals surface area (Å²) in [5, 5.41) is 3.18. The molecule has 102 valence electrons. The van der Waals surface area contributed by atoms with E-state index in [-0.39, 0.29) is 0 Å². The summed E-state index contributed by atoms with van der Waals surface area (Å²) in [6.45, 7) is 6.38. The Kier molecular flexibility index (Phi) is 5.99. The minimum Gasteiger partial charge on any atom is -0.496 e. The lowest BCUT2D eigenvalue weighted by molar-refractivity contribution is 0.408. The molecular formula is C15H26N2O. The Labute approximate surface area is 111 Å². The largest absolute Gasteiger partial charge is 0.496 e. The molecule has 0 aliphatic heterocycles. The van der Waals surface area contributed by atoms with Crippen LogP contribution in [0.15, 0.2) is 12.1 Å². The van der Waals surface area contributed by atoms with Gasteiger partial charge in [-0.05, 0) is 63.5 Å². The fourth-order valence-corrected chi connectivity index (χ4v) is 2.25. The molecular weight excluding hydrogens is 224 g/mol. The third-order valence-electron chi connectivity index (χ3n) is 3.26. The van der Waals surface area contributed by atoms with E-state index in [1.54, 1.807) is 7.11 Å². The average molecular weight is 250 g/mol. The number of ether oxygens (including phenoxy) is 1. The zero-order valence-corrected chi connectivity index (χ0v) is 12.3. The molecule has 0 aliphatic carbocycles. The van der Waals surface area contributed by atoms with Crippen molar-refractivity contribution < 1.29 is 4.74 Å². The van der Waals surface area contributed by atoms with Gasteiger partial charge in [0.25, 0.3) is 0 Å². The molecule has 0 heterocycles. The van der Waals surface area contributed by atoms with Gasteiger partial charge in [-0.3, -0.25) is 0 Å². The standard InChI is InChI=1S/C15H26N2O/c1-12-10-14(11-13(2)15(12)18-5)17(4)9-7-6-8-16-3/h10-11,16H,6-9H2,1-5H3. The highest BCUT2D eigenvalue weighted by molar-refractivity contribution is 5.56. The molecule has 1 N–H and O–H groups in total. The first kappa shape index (κ1) is 14.8. The summed E-state index contributed by atoms with van der Waals surface area (Å²) >= 11 is 0. The maximum absolute atomic E-state index is 5.40. The van der Waals surface area contributed by atoms with Crippen molar-refractivity contribution in [3.05, 3.63) is 23.3 Å². The first-order chi connectivity index (χ1) is 8.60. The Balaban J connectivity index is 2.66. The lowest BCUT2D eigenvalue weighted by atomic mass is 10.1. The first-order valence-corrected chi connectivity index (χ1v) is 6.61. The number of rotatable bonds is 7. The summed E-state index contributed by atoms with van der Waals surface area (Å²) in [6, 6.07) is 4.40. The number of aryl methyl sites for hydroxylation is 2. The van der Waals surface area contributed by atoms with E-state index in [1.165, 1.54) is 29.7 Å². The zero-order valence-electron chi connectivity index (χ0n) is 12.3. The zero-order chi connectivity index (χ0) is 13.5. The molecule has 3 nitrogen and oxygen atoms in total. The molecule has 3 heteroatoms. The fraction of sp³-hybridized carbons (Fsp3) is 0.600. The van der Waals surface area contributed by atoms with Crippen molar-refractivity contribution in [2.75, 3.05) is 39.2 Å². The van der Waals surface area contributed by atoms with Crippen molar-refractivity contribution in [1.29, 1.82) is 0 Å². The van der Waals surface area contributed by atoms with Gasteiger partial charge in [-0.1, -0.05) is 0 Å². The number of benzene rings is 1. The van der Waals surface area contributed by atoms with Gasteiger partial charge in [-0.25, -0.2) is 0 Å². The van der Waals surface area contributed by atoms with E-state index in [0.29, 0.717) is 0 Å². The first-order valence-electron chi connectivity index (χ1n) is 6.61. The molecule has 0 saturated heterocycles. The van der Waals surface area contributed by atoms with E-state index in [4.69, 9.17) is 4.74 Å². The van der Waals surface area contributed by atoms with Crippen molar-refractivity contribution >= 4 is 5.69 Å². The molecule has 18 heavy (non-hydrogen) atoms. The van der Waals surface area contributed by atoms with Crippen LogP contribution in [0.4, 0.5) is 5.69 Å². The van der Waals surface area contributed by atoms with Crippen molar-refractivity contribution in [3.63, 3.8) is 0 Å². The SMILES string of the molecule is CNCCCCN(C)c1cc(C)c(OC)c(C)c1. The number of unbranched alkanes of at least 4 members (excludes halogenated alkanes) is 1. The summed E-state index contributed by atoms with van der Waals surface area (Å²) < 4.78 is 5.40. The third kappa shape index (κ3) is 3.91. The molecule has 0 bridgehead atoms. The lowest BCUT2D eigenvalue weighted by Gasteiger charge is -2.21. The quantitative estimate of drug-likeness (QED) is 0.753. The minimum absolute atomic E-state index is 1.00. The molecule has 1 aromatic rings. The highest BCUT2D eigenvalue weighted by Gasteiger charge is 2.07. The van der Waals surface area contributed by atoms with Crippen LogP contribution in [-0.2, 0) is 0 Å². The predicted molar refractivity (Wildman–Crippen MR) is 78.9 cm³/mol. The maximum Gasteiger partial charge on any atom is 0.124 e. The van der Waals surface area contributed by atoms with Crippen molar-refractivity contribution in [1.82, 2.24) is 5.32 Å². The Morgan fingerprint density at radius 1 is 1.17 bits per heavy atom. The number of anilines is 1. The van der Waals surface area contributed by atoms with Crippen LogP contribution >= 0.6 is 0 Å². The van der Waals surface area contributed by atoms with Crippen LogP contribution in [0, 0.1) is 13.8 Å². The van der Waals surface area contributed by atoms with E-state index < -0.39 is 0 Å². The second kappa shape index (κ2) is 7.27. The molecule has 0 aromatic heterocycles. The normalized spacial score (nSPS) is 10.5. The summed E-state index contributed by atoms with van der Waals surface area (Å²) in [6.07, 6.45) is 2.43. The topological polar surface area (TPSA) is 24.5 Å². The van der Waals surface area contributed by atoms with Crippen molar-refractivity contribution in [3.8, 4) is 5.75 Å². The van der Waals surface area contributed by atoms with Crippen LogP contribution in [0.2, 0.25) is 0 Å². The van der Waals surface area contributed by atoms with E-state index in [2.05, 4.69) is 43.2 Å². The van der Waals surface area contributed by atoms with Crippen LogP contribution in [-0.4, -0.2) is 34.3 Å².